The van der Waals surface area contributed by atoms with Gasteiger partial charge in [-0.1, -0.05) is 36.4 Å². The second-order valence-corrected chi connectivity index (χ2v) is 8.41. The first-order chi connectivity index (χ1) is 14.1. The van der Waals surface area contributed by atoms with E-state index in [1.54, 1.807) is 22.7 Å². The van der Waals surface area contributed by atoms with Gasteiger partial charge in [-0.05, 0) is 24.8 Å². The highest BCUT2D eigenvalue weighted by Gasteiger charge is 2.31. The van der Waals surface area contributed by atoms with E-state index in [2.05, 4.69) is 11.9 Å². The van der Waals surface area contributed by atoms with Crippen LogP contribution in [0.5, 0.6) is 0 Å². The van der Waals surface area contributed by atoms with Gasteiger partial charge >= 0.3 is 0 Å². The number of hydrogen-bond donors (Lipinski definition) is 3. The van der Waals surface area contributed by atoms with Crippen molar-refractivity contribution in [2.24, 2.45) is 5.92 Å². The van der Waals surface area contributed by atoms with Gasteiger partial charge in [0.1, 0.15) is 0 Å². The Labute approximate surface area is 177 Å². The quantitative estimate of drug-likeness (QED) is 0.450. The molecular formula is C22H32N2O4S. The molecule has 3 unspecified atom stereocenters. The summed E-state index contributed by atoms with van der Waals surface area (Å²) in [7, 11) is 0. The highest BCUT2D eigenvalue weighted by atomic mass is 32.2. The van der Waals surface area contributed by atoms with E-state index in [0.717, 1.165) is 18.6 Å². The summed E-state index contributed by atoms with van der Waals surface area (Å²) < 4.78 is 0. The van der Waals surface area contributed by atoms with Crippen molar-refractivity contribution in [3.05, 3.63) is 48.6 Å². The highest BCUT2D eigenvalue weighted by molar-refractivity contribution is 7.98. The lowest BCUT2D eigenvalue weighted by Crippen LogP contribution is -2.45. The first-order valence-electron chi connectivity index (χ1n) is 10.1. The standard InChI is InChI=1S/C22H32N2O4S/c1-2-7-18(12-21(27)24-11-6-10-20(24)14-26)22(28)23-19(13-25)16-29-15-17-8-4-3-5-9-17/h2-5,8-9,18-20,25-26H,1,6-7,10-16H2,(H,23,28). The molecule has 7 heteroatoms. The minimum absolute atomic E-state index is 0.0463. The van der Waals surface area contributed by atoms with Gasteiger partial charge in [-0.3, -0.25) is 9.59 Å². The molecule has 1 fully saturated rings. The fraction of sp³-hybridized carbons (Fsp3) is 0.545. The summed E-state index contributed by atoms with van der Waals surface area (Å²) in [4.78, 5) is 27.1. The van der Waals surface area contributed by atoms with E-state index in [1.165, 1.54) is 5.56 Å². The summed E-state index contributed by atoms with van der Waals surface area (Å²) in [6.45, 7) is 4.13. The molecule has 0 saturated carbocycles. The minimum Gasteiger partial charge on any atom is -0.394 e. The zero-order valence-corrected chi connectivity index (χ0v) is 17.7. The van der Waals surface area contributed by atoms with Crippen LogP contribution in [0, 0.1) is 5.92 Å². The lowest BCUT2D eigenvalue weighted by molar-refractivity contribution is -0.137. The van der Waals surface area contributed by atoms with E-state index in [0.29, 0.717) is 18.7 Å². The Morgan fingerprint density at radius 3 is 2.72 bits per heavy atom. The Kier molecular flexibility index (Phi) is 10.2. The van der Waals surface area contributed by atoms with E-state index in [9.17, 15) is 19.8 Å². The van der Waals surface area contributed by atoms with E-state index in [4.69, 9.17) is 0 Å². The number of carbonyl (C=O) groups is 2. The van der Waals surface area contributed by atoms with Crippen molar-refractivity contribution in [2.75, 3.05) is 25.5 Å². The van der Waals surface area contributed by atoms with Gasteiger partial charge in [0.15, 0.2) is 0 Å². The molecule has 1 saturated heterocycles. The maximum Gasteiger partial charge on any atom is 0.224 e. The third kappa shape index (κ3) is 7.49. The largest absolute Gasteiger partial charge is 0.394 e. The molecule has 0 aromatic heterocycles. The molecule has 1 aromatic rings. The average molecular weight is 421 g/mol. The molecule has 1 aliphatic rings. The molecule has 1 aliphatic heterocycles. The molecule has 1 aromatic carbocycles. The van der Waals surface area contributed by atoms with Crippen LogP contribution in [0.25, 0.3) is 0 Å². The summed E-state index contributed by atoms with van der Waals surface area (Å²) in [6.07, 6.45) is 3.80. The van der Waals surface area contributed by atoms with Crippen molar-refractivity contribution in [3.8, 4) is 0 Å². The Morgan fingerprint density at radius 2 is 2.07 bits per heavy atom. The summed E-state index contributed by atoms with van der Waals surface area (Å²) in [5.41, 5.74) is 1.19. The van der Waals surface area contributed by atoms with Crippen molar-refractivity contribution in [1.29, 1.82) is 0 Å². The molecule has 0 radical (unpaired) electrons. The number of rotatable bonds is 12. The number of aliphatic hydroxyl groups is 2. The molecule has 0 spiro atoms. The molecule has 29 heavy (non-hydrogen) atoms. The number of allylic oxidation sites excluding steroid dienone is 1. The van der Waals surface area contributed by atoms with Crippen LogP contribution < -0.4 is 5.32 Å². The van der Waals surface area contributed by atoms with E-state index >= 15 is 0 Å². The Hall–Kier alpha value is -1.83. The highest BCUT2D eigenvalue weighted by Crippen LogP contribution is 2.21. The van der Waals surface area contributed by atoms with Crippen LogP contribution in [0.1, 0.15) is 31.2 Å². The number of nitrogens with one attached hydrogen (secondary N) is 1. The minimum atomic E-state index is -0.520. The average Bonchev–Trinajstić information content (AvgIpc) is 3.22. The Bertz CT molecular complexity index is 655. The monoisotopic (exact) mass is 420 g/mol. The van der Waals surface area contributed by atoms with Crippen molar-refractivity contribution in [1.82, 2.24) is 10.2 Å². The first-order valence-corrected chi connectivity index (χ1v) is 11.3. The SMILES string of the molecule is C=CCC(CC(=O)N1CCCC1CO)C(=O)NC(CO)CSCc1ccccc1. The Balaban J connectivity index is 1.85. The maximum atomic E-state index is 12.7. The van der Waals surface area contributed by atoms with Crippen LogP contribution in [-0.2, 0) is 15.3 Å². The van der Waals surface area contributed by atoms with Gasteiger partial charge in [0.25, 0.3) is 0 Å². The van der Waals surface area contributed by atoms with Crippen molar-refractivity contribution in [2.45, 2.75) is 43.5 Å². The number of aliphatic hydroxyl groups excluding tert-OH is 2. The molecule has 0 bridgehead atoms. The van der Waals surface area contributed by atoms with Crippen LogP contribution >= 0.6 is 11.8 Å². The zero-order chi connectivity index (χ0) is 21.1. The second-order valence-electron chi connectivity index (χ2n) is 7.38. The van der Waals surface area contributed by atoms with Gasteiger partial charge in [0.05, 0.1) is 31.2 Å². The number of nitrogens with zero attached hydrogens (tertiary/aromatic N) is 1. The second kappa shape index (κ2) is 12.7. The molecular weight excluding hydrogens is 388 g/mol. The van der Waals surface area contributed by atoms with Gasteiger partial charge in [0.2, 0.25) is 11.8 Å². The molecule has 3 atom stereocenters. The molecule has 160 valence electrons. The fourth-order valence-electron chi connectivity index (χ4n) is 3.52. The number of carbonyl (C=O) groups excluding carboxylic acids is 2. The van der Waals surface area contributed by atoms with Crippen LogP contribution in [0.4, 0.5) is 0 Å². The molecule has 3 N–H and O–H groups in total. The Morgan fingerprint density at radius 1 is 1.31 bits per heavy atom. The van der Waals surface area contributed by atoms with Crippen LogP contribution in [0.3, 0.4) is 0 Å². The van der Waals surface area contributed by atoms with Gasteiger partial charge in [-0.2, -0.15) is 11.8 Å². The van der Waals surface area contributed by atoms with Gasteiger partial charge in [0, 0.05) is 24.5 Å². The third-order valence-electron chi connectivity index (χ3n) is 5.15. The number of thioether (sulfide) groups is 1. The van der Waals surface area contributed by atoms with Crippen LogP contribution in [-0.4, -0.2) is 64.5 Å². The smallest absolute Gasteiger partial charge is 0.224 e. The maximum absolute atomic E-state index is 12.7. The van der Waals surface area contributed by atoms with E-state index < -0.39 is 5.92 Å². The topological polar surface area (TPSA) is 89.9 Å². The number of likely N-dealkylation sites (tertiary alicyclic amines) is 1. The third-order valence-corrected chi connectivity index (χ3v) is 6.32. The molecule has 2 rings (SSSR count). The van der Waals surface area contributed by atoms with E-state index in [1.807, 2.05) is 30.3 Å². The molecule has 6 nitrogen and oxygen atoms in total. The molecule has 2 amide bonds. The van der Waals surface area contributed by atoms with Crippen molar-refractivity contribution < 1.29 is 19.8 Å². The molecule has 1 heterocycles. The zero-order valence-electron chi connectivity index (χ0n) is 16.8. The fourth-order valence-corrected chi connectivity index (χ4v) is 4.54. The lowest BCUT2D eigenvalue weighted by Gasteiger charge is -2.26. The number of amides is 2. The first kappa shape index (κ1) is 23.4. The predicted molar refractivity (Wildman–Crippen MR) is 116 cm³/mol. The summed E-state index contributed by atoms with van der Waals surface area (Å²) >= 11 is 1.65. The predicted octanol–water partition coefficient (Wildman–Crippen LogP) is 1.96. The van der Waals surface area contributed by atoms with Gasteiger partial charge in [-0.25, -0.2) is 0 Å². The van der Waals surface area contributed by atoms with Gasteiger partial charge < -0.3 is 20.4 Å². The van der Waals surface area contributed by atoms with Crippen LogP contribution in [0.2, 0.25) is 0 Å². The number of hydrogen-bond acceptors (Lipinski definition) is 5. The lowest BCUT2D eigenvalue weighted by atomic mass is 9.99. The van der Waals surface area contributed by atoms with E-state index in [-0.39, 0.29) is 43.5 Å². The summed E-state index contributed by atoms with van der Waals surface area (Å²) in [5, 5.41) is 22.0. The summed E-state index contributed by atoms with van der Waals surface area (Å²) in [5.74, 6) is 0.525. The van der Waals surface area contributed by atoms with Gasteiger partial charge in [-0.15, -0.1) is 6.58 Å². The number of benzene rings is 1. The normalized spacial score (nSPS) is 18.3. The molecule has 0 aliphatic carbocycles. The summed E-state index contributed by atoms with van der Waals surface area (Å²) in [6, 6.07) is 9.52. The van der Waals surface area contributed by atoms with Crippen molar-refractivity contribution in [3.63, 3.8) is 0 Å². The van der Waals surface area contributed by atoms with Crippen LogP contribution in [0.15, 0.2) is 43.0 Å². The van der Waals surface area contributed by atoms with Crippen molar-refractivity contribution >= 4 is 23.6 Å².